The monoisotopic (exact) mass is 298 g/mol. The van der Waals surface area contributed by atoms with Gasteiger partial charge in [0, 0.05) is 0 Å². The van der Waals surface area contributed by atoms with Gasteiger partial charge < -0.3 is 19.3 Å². The summed E-state index contributed by atoms with van der Waals surface area (Å²) in [4.78, 5) is 22.5. The van der Waals surface area contributed by atoms with E-state index in [1.54, 1.807) is 24.3 Å². The lowest BCUT2D eigenvalue weighted by molar-refractivity contribution is -0.150. The van der Waals surface area contributed by atoms with Gasteiger partial charge >= 0.3 is 12.1 Å². The predicted molar refractivity (Wildman–Crippen MR) is 68.0 cm³/mol. The van der Waals surface area contributed by atoms with Crippen molar-refractivity contribution >= 4 is 12.1 Å². The fourth-order valence-corrected chi connectivity index (χ4v) is 1.82. The standard InChI is InChI=1S/C14H15FO6/c1-14(15)11(16)10(21-12(14)17)8-20-13(18)19-7-9-5-3-2-4-6-9/h2-6,10-11,16H,7-8H2,1H3/t10-,11-,14-/m1/s1. The lowest BCUT2D eigenvalue weighted by Gasteiger charge is -2.16. The highest BCUT2D eigenvalue weighted by Gasteiger charge is 2.55. The first kappa shape index (κ1) is 15.2. The number of benzene rings is 1. The number of aliphatic hydroxyl groups is 1. The molecule has 1 N–H and O–H groups in total. The molecular formula is C14H15FO6. The normalized spacial score (nSPS) is 28.0. The predicted octanol–water partition coefficient (Wildman–Crippen LogP) is 1.35. The number of hydrogen-bond donors (Lipinski definition) is 1. The highest BCUT2D eigenvalue weighted by Crippen LogP contribution is 2.29. The number of esters is 1. The maximum Gasteiger partial charge on any atom is 0.508 e. The maximum atomic E-state index is 13.6. The molecule has 1 saturated heterocycles. The van der Waals surface area contributed by atoms with E-state index in [-0.39, 0.29) is 6.61 Å². The minimum absolute atomic E-state index is 0.0213. The van der Waals surface area contributed by atoms with E-state index in [1.807, 2.05) is 6.07 Å². The second kappa shape index (κ2) is 6.09. The summed E-state index contributed by atoms with van der Waals surface area (Å²) < 4.78 is 27.8. The van der Waals surface area contributed by atoms with Crippen LogP contribution in [0.5, 0.6) is 0 Å². The van der Waals surface area contributed by atoms with Crippen molar-refractivity contribution in [2.45, 2.75) is 31.4 Å². The molecule has 1 aliphatic heterocycles. The molecule has 0 saturated carbocycles. The van der Waals surface area contributed by atoms with Crippen LogP contribution in [0.3, 0.4) is 0 Å². The van der Waals surface area contributed by atoms with E-state index < -0.39 is 36.6 Å². The Morgan fingerprint density at radius 1 is 1.38 bits per heavy atom. The van der Waals surface area contributed by atoms with Crippen molar-refractivity contribution < 1.29 is 33.3 Å². The summed E-state index contributed by atoms with van der Waals surface area (Å²) in [5.41, 5.74) is -1.72. The Balaban J connectivity index is 1.76. The summed E-state index contributed by atoms with van der Waals surface area (Å²) in [5.74, 6) is -1.18. The highest BCUT2D eigenvalue weighted by atomic mass is 19.1. The fraction of sp³-hybridized carbons (Fsp3) is 0.429. The molecule has 3 atom stereocenters. The summed E-state index contributed by atoms with van der Waals surface area (Å²) in [5, 5.41) is 9.55. The Bertz CT molecular complexity index is 515. The first-order valence-corrected chi connectivity index (χ1v) is 6.33. The molecule has 6 nitrogen and oxygen atoms in total. The molecule has 1 fully saturated rings. The molecule has 0 radical (unpaired) electrons. The smallest absolute Gasteiger partial charge is 0.453 e. The van der Waals surface area contributed by atoms with Crippen LogP contribution in [0.4, 0.5) is 9.18 Å². The van der Waals surface area contributed by atoms with E-state index >= 15 is 0 Å². The number of carbonyl (C=O) groups is 2. The van der Waals surface area contributed by atoms with Crippen molar-refractivity contribution in [1.29, 1.82) is 0 Å². The van der Waals surface area contributed by atoms with Crippen LogP contribution in [0.25, 0.3) is 0 Å². The molecule has 0 bridgehead atoms. The van der Waals surface area contributed by atoms with Crippen molar-refractivity contribution in [3.05, 3.63) is 35.9 Å². The minimum atomic E-state index is -2.50. The largest absolute Gasteiger partial charge is 0.508 e. The van der Waals surface area contributed by atoms with Crippen molar-refractivity contribution in [1.82, 2.24) is 0 Å². The summed E-state index contributed by atoms with van der Waals surface area (Å²) >= 11 is 0. The first-order valence-electron chi connectivity index (χ1n) is 6.33. The molecule has 0 unspecified atom stereocenters. The first-order chi connectivity index (χ1) is 9.91. The molecule has 1 heterocycles. The van der Waals surface area contributed by atoms with Gasteiger partial charge in [-0.3, -0.25) is 0 Å². The molecule has 114 valence electrons. The third-order valence-electron chi connectivity index (χ3n) is 3.13. The van der Waals surface area contributed by atoms with E-state index in [0.29, 0.717) is 0 Å². The molecular weight excluding hydrogens is 283 g/mol. The van der Waals surface area contributed by atoms with Gasteiger partial charge in [0.15, 0.2) is 6.10 Å². The maximum absolute atomic E-state index is 13.6. The van der Waals surface area contributed by atoms with Gasteiger partial charge in [0.25, 0.3) is 0 Å². The van der Waals surface area contributed by atoms with Crippen LogP contribution < -0.4 is 0 Å². The van der Waals surface area contributed by atoms with Crippen molar-refractivity contribution in [3.8, 4) is 0 Å². The van der Waals surface area contributed by atoms with E-state index in [4.69, 9.17) is 9.47 Å². The summed E-state index contributed by atoms with van der Waals surface area (Å²) in [6.45, 7) is 0.460. The average Bonchev–Trinajstić information content (AvgIpc) is 2.67. The number of cyclic esters (lactones) is 1. The molecule has 1 aromatic rings. The van der Waals surface area contributed by atoms with Gasteiger partial charge in [0.1, 0.15) is 19.3 Å². The van der Waals surface area contributed by atoms with Gasteiger partial charge in [-0.1, -0.05) is 30.3 Å². The lowest BCUT2D eigenvalue weighted by Crippen LogP contribution is -2.40. The Morgan fingerprint density at radius 3 is 2.62 bits per heavy atom. The van der Waals surface area contributed by atoms with Crippen molar-refractivity contribution in [2.75, 3.05) is 6.61 Å². The van der Waals surface area contributed by atoms with Crippen LogP contribution in [0.1, 0.15) is 12.5 Å². The van der Waals surface area contributed by atoms with E-state index in [2.05, 4.69) is 4.74 Å². The van der Waals surface area contributed by atoms with Crippen LogP contribution in [0, 0.1) is 0 Å². The van der Waals surface area contributed by atoms with Gasteiger partial charge in [-0.05, 0) is 12.5 Å². The van der Waals surface area contributed by atoms with Gasteiger partial charge in [-0.25, -0.2) is 14.0 Å². The molecule has 2 rings (SSSR count). The Labute approximate surface area is 120 Å². The number of ether oxygens (including phenoxy) is 3. The third-order valence-corrected chi connectivity index (χ3v) is 3.13. The Hall–Kier alpha value is -2.15. The van der Waals surface area contributed by atoms with Gasteiger partial charge in [0.2, 0.25) is 5.67 Å². The Morgan fingerprint density at radius 2 is 2.05 bits per heavy atom. The second-order valence-electron chi connectivity index (χ2n) is 4.80. The molecule has 1 aliphatic rings. The summed E-state index contributed by atoms with van der Waals surface area (Å²) in [6, 6.07) is 8.95. The number of halogens is 1. The number of hydrogen-bond acceptors (Lipinski definition) is 6. The van der Waals surface area contributed by atoms with Gasteiger partial charge in [0.05, 0.1) is 0 Å². The van der Waals surface area contributed by atoms with Crippen molar-refractivity contribution in [3.63, 3.8) is 0 Å². The molecule has 21 heavy (non-hydrogen) atoms. The molecule has 0 aliphatic carbocycles. The molecule has 7 heteroatoms. The second-order valence-corrected chi connectivity index (χ2v) is 4.80. The number of aliphatic hydroxyl groups excluding tert-OH is 1. The minimum Gasteiger partial charge on any atom is -0.453 e. The fourth-order valence-electron chi connectivity index (χ4n) is 1.82. The average molecular weight is 298 g/mol. The van der Waals surface area contributed by atoms with E-state index in [0.717, 1.165) is 12.5 Å². The van der Waals surface area contributed by atoms with Gasteiger partial charge in [-0.2, -0.15) is 0 Å². The molecule has 0 aromatic heterocycles. The highest BCUT2D eigenvalue weighted by molar-refractivity contribution is 5.82. The number of alkyl halides is 1. The van der Waals surface area contributed by atoms with Crippen molar-refractivity contribution in [2.24, 2.45) is 0 Å². The van der Waals surface area contributed by atoms with Crippen LogP contribution >= 0.6 is 0 Å². The molecule has 1 aromatic carbocycles. The number of carbonyl (C=O) groups excluding carboxylic acids is 2. The lowest BCUT2D eigenvalue weighted by atomic mass is 10.0. The summed E-state index contributed by atoms with van der Waals surface area (Å²) in [7, 11) is 0. The zero-order valence-corrected chi connectivity index (χ0v) is 11.3. The van der Waals surface area contributed by atoms with E-state index in [9.17, 15) is 19.1 Å². The van der Waals surface area contributed by atoms with Crippen LogP contribution in [0.2, 0.25) is 0 Å². The summed E-state index contributed by atoms with van der Waals surface area (Å²) in [6.07, 6.45) is -3.92. The zero-order valence-electron chi connectivity index (χ0n) is 11.3. The third kappa shape index (κ3) is 3.49. The zero-order chi connectivity index (χ0) is 15.5. The number of rotatable bonds is 4. The quantitative estimate of drug-likeness (QED) is 0.845. The molecule has 0 spiro atoms. The topological polar surface area (TPSA) is 82.1 Å². The Kier molecular flexibility index (Phi) is 4.42. The van der Waals surface area contributed by atoms with Crippen LogP contribution in [0.15, 0.2) is 30.3 Å². The van der Waals surface area contributed by atoms with E-state index in [1.165, 1.54) is 0 Å². The molecule has 0 amide bonds. The van der Waals surface area contributed by atoms with Gasteiger partial charge in [-0.15, -0.1) is 0 Å². The SMILES string of the molecule is C[C@]1(F)C(=O)O[C@H](COC(=O)OCc2ccccc2)[C@H]1O. The van der Waals surface area contributed by atoms with Crippen LogP contribution in [-0.4, -0.2) is 41.7 Å². The van der Waals surface area contributed by atoms with Crippen LogP contribution in [-0.2, 0) is 25.6 Å².